The molecular weight excluding hydrogens is 206 g/mol. The molecule has 1 aromatic carbocycles. The van der Waals surface area contributed by atoms with Gasteiger partial charge in [0.25, 0.3) is 5.56 Å². The quantitative estimate of drug-likeness (QED) is 0.781. The van der Waals surface area contributed by atoms with E-state index in [0.717, 1.165) is 10.9 Å². The first-order chi connectivity index (χ1) is 7.70. The molecule has 0 saturated heterocycles. The Balaban J connectivity index is 2.50. The predicted octanol–water partition coefficient (Wildman–Crippen LogP) is 1.84. The lowest BCUT2D eigenvalue weighted by atomic mass is 10.2. The van der Waals surface area contributed by atoms with E-state index in [2.05, 4.69) is 4.98 Å². The van der Waals surface area contributed by atoms with Gasteiger partial charge >= 0.3 is 5.97 Å². The molecule has 0 fully saturated rings. The zero-order chi connectivity index (χ0) is 11.5. The van der Waals surface area contributed by atoms with Crippen LogP contribution in [0.1, 0.15) is 13.3 Å². The Morgan fingerprint density at radius 2 is 2.12 bits per heavy atom. The van der Waals surface area contributed by atoms with Crippen LogP contribution in [0.15, 0.2) is 35.1 Å². The summed E-state index contributed by atoms with van der Waals surface area (Å²) in [6, 6.07) is 8.89. The number of carbonyl (C=O) groups is 1. The molecule has 0 aliphatic carbocycles. The first kappa shape index (κ1) is 10.4. The highest BCUT2D eigenvalue weighted by Crippen LogP contribution is 2.14. The number of fused-ring (bicyclic) bond motifs is 1. The molecule has 0 bridgehead atoms. The third-order valence-electron chi connectivity index (χ3n) is 2.23. The van der Waals surface area contributed by atoms with Crippen molar-refractivity contribution in [3.05, 3.63) is 40.7 Å². The molecule has 2 rings (SSSR count). The number of esters is 1. The van der Waals surface area contributed by atoms with Crippen LogP contribution in [0.4, 0.5) is 0 Å². The molecule has 0 amide bonds. The van der Waals surface area contributed by atoms with Crippen molar-refractivity contribution in [2.45, 2.75) is 13.3 Å². The highest BCUT2D eigenvalue weighted by Gasteiger charge is 2.07. The number of rotatable bonds is 2. The molecule has 16 heavy (non-hydrogen) atoms. The molecule has 4 nitrogen and oxygen atoms in total. The Morgan fingerprint density at radius 3 is 2.88 bits per heavy atom. The summed E-state index contributed by atoms with van der Waals surface area (Å²) in [5, 5.41) is 0.834. The fraction of sp³-hybridized carbons (Fsp3) is 0.167. The summed E-state index contributed by atoms with van der Waals surface area (Å²) in [5.41, 5.74) is 0.337. The van der Waals surface area contributed by atoms with E-state index >= 15 is 0 Å². The van der Waals surface area contributed by atoms with E-state index in [-0.39, 0.29) is 17.7 Å². The second kappa shape index (κ2) is 4.18. The zero-order valence-corrected chi connectivity index (χ0v) is 8.82. The molecule has 2 aromatic rings. The standard InChI is InChI=1S/C12H11NO3/c1-2-11(14)16-10-7-8-5-3-4-6-9(8)13-12(10)15/h3-7H,2H2,1H3,(H,13,15). The van der Waals surface area contributed by atoms with E-state index in [1.807, 2.05) is 18.2 Å². The lowest BCUT2D eigenvalue weighted by Gasteiger charge is -2.03. The molecule has 1 heterocycles. The Kier molecular flexibility index (Phi) is 2.72. The second-order valence-corrected chi connectivity index (χ2v) is 3.38. The highest BCUT2D eigenvalue weighted by atomic mass is 16.5. The number of para-hydroxylation sites is 1. The van der Waals surface area contributed by atoms with Crippen molar-refractivity contribution in [3.63, 3.8) is 0 Å². The van der Waals surface area contributed by atoms with Crippen molar-refractivity contribution in [1.29, 1.82) is 0 Å². The van der Waals surface area contributed by atoms with E-state index in [1.54, 1.807) is 19.1 Å². The normalized spacial score (nSPS) is 10.3. The van der Waals surface area contributed by atoms with Gasteiger partial charge in [-0.25, -0.2) is 0 Å². The van der Waals surface area contributed by atoms with Gasteiger partial charge in [0, 0.05) is 17.3 Å². The number of hydrogen-bond donors (Lipinski definition) is 1. The molecule has 0 radical (unpaired) electrons. The molecule has 0 atom stereocenters. The number of nitrogens with one attached hydrogen (secondary N) is 1. The third kappa shape index (κ3) is 1.95. The monoisotopic (exact) mass is 217 g/mol. The number of aromatic nitrogens is 1. The average molecular weight is 217 g/mol. The molecule has 1 aromatic heterocycles. The maximum Gasteiger partial charge on any atom is 0.311 e. The summed E-state index contributed by atoms with van der Waals surface area (Å²) < 4.78 is 4.92. The molecule has 0 saturated carbocycles. The lowest BCUT2D eigenvalue weighted by molar-refractivity contribution is -0.134. The Labute approximate surface area is 91.9 Å². The van der Waals surface area contributed by atoms with E-state index in [0.29, 0.717) is 0 Å². The van der Waals surface area contributed by atoms with Crippen molar-refractivity contribution < 1.29 is 9.53 Å². The molecule has 82 valence electrons. The minimum absolute atomic E-state index is 0.0468. The molecule has 4 heteroatoms. The maximum absolute atomic E-state index is 11.6. The molecular formula is C12H11NO3. The van der Waals surface area contributed by atoms with Gasteiger partial charge in [0.2, 0.25) is 0 Å². The molecule has 0 unspecified atom stereocenters. The van der Waals surface area contributed by atoms with Crippen LogP contribution in [-0.2, 0) is 4.79 Å². The van der Waals surface area contributed by atoms with Crippen LogP contribution in [0.25, 0.3) is 10.9 Å². The van der Waals surface area contributed by atoms with E-state index in [1.165, 1.54) is 0 Å². The lowest BCUT2D eigenvalue weighted by Crippen LogP contribution is -2.15. The third-order valence-corrected chi connectivity index (χ3v) is 2.23. The Bertz CT molecular complexity index is 586. The van der Waals surface area contributed by atoms with Crippen molar-refractivity contribution in [2.75, 3.05) is 0 Å². The van der Waals surface area contributed by atoms with Crippen LogP contribution in [0, 0.1) is 0 Å². The van der Waals surface area contributed by atoms with Gasteiger partial charge in [0.15, 0.2) is 5.75 Å². The van der Waals surface area contributed by atoms with Gasteiger partial charge in [-0.3, -0.25) is 9.59 Å². The van der Waals surface area contributed by atoms with Crippen molar-refractivity contribution in [3.8, 4) is 5.75 Å². The average Bonchev–Trinajstić information content (AvgIpc) is 2.30. The topological polar surface area (TPSA) is 59.2 Å². The van der Waals surface area contributed by atoms with Crippen LogP contribution in [0.3, 0.4) is 0 Å². The van der Waals surface area contributed by atoms with Gasteiger partial charge in [0.05, 0.1) is 0 Å². The fourth-order valence-corrected chi connectivity index (χ4v) is 1.40. The molecule has 0 aliphatic heterocycles. The Hall–Kier alpha value is -2.10. The first-order valence-electron chi connectivity index (χ1n) is 5.03. The molecule has 1 N–H and O–H groups in total. The number of hydrogen-bond acceptors (Lipinski definition) is 3. The van der Waals surface area contributed by atoms with Gasteiger partial charge in [-0.1, -0.05) is 25.1 Å². The predicted molar refractivity (Wildman–Crippen MR) is 60.5 cm³/mol. The number of pyridine rings is 1. The zero-order valence-electron chi connectivity index (χ0n) is 8.82. The Morgan fingerprint density at radius 1 is 1.38 bits per heavy atom. The summed E-state index contributed by atoms with van der Waals surface area (Å²) >= 11 is 0. The number of carbonyl (C=O) groups excluding carboxylic acids is 1. The summed E-state index contributed by atoms with van der Waals surface area (Å²) in [6.07, 6.45) is 0.242. The minimum Gasteiger partial charge on any atom is -0.421 e. The summed E-state index contributed by atoms with van der Waals surface area (Å²) in [7, 11) is 0. The van der Waals surface area contributed by atoms with Crippen molar-refractivity contribution >= 4 is 16.9 Å². The number of ether oxygens (including phenoxy) is 1. The highest BCUT2D eigenvalue weighted by molar-refractivity contribution is 5.80. The van der Waals surface area contributed by atoms with Gasteiger partial charge < -0.3 is 9.72 Å². The van der Waals surface area contributed by atoms with Crippen molar-refractivity contribution in [1.82, 2.24) is 4.98 Å². The largest absolute Gasteiger partial charge is 0.421 e. The van der Waals surface area contributed by atoms with Gasteiger partial charge in [0.1, 0.15) is 0 Å². The van der Waals surface area contributed by atoms with Crippen molar-refractivity contribution in [2.24, 2.45) is 0 Å². The number of aromatic amines is 1. The summed E-state index contributed by atoms with van der Waals surface area (Å²) in [4.78, 5) is 25.3. The number of H-pyrrole nitrogens is 1. The van der Waals surface area contributed by atoms with Crippen LogP contribution in [0.5, 0.6) is 5.75 Å². The van der Waals surface area contributed by atoms with Gasteiger partial charge in [-0.2, -0.15) is 0 Å². The number of benzene rings is 1. The van der Waals surface area contributed by atoms with Crippen LogP contribution >= 0.6 is 0 Å². The first-order valence-corrected chi connectivity index (χ1v) is 5.03. The van der Waals surface area contributed by atoms with Crippen LogP contribution in [-0.4, -0.2) is 11.0 Å². The minimum atomic E-state index is -0.416. The molecule has 0 aliphatic rings. The maximum atomic E-state index is 11.6. The molecule has 0 spiro atoms. The van der Waals surface area contributed by atoms with E-state index < -0.39 is 5.97 Å². The smallest absolute Gasteiger partial charge is 0.311 e. The SMILES string of the molecule is CCC(=O)Oc1cc2ccccc2[nH]c1=O. The van der Waals surface area contributed by atoms with Crippen LogP contribution in [0.2, 0.25) is 0 Å². The van der Waals surface area contributed by atoms with Gasteiger partial charge in [-0.15, -0.1) is 0 Å². The van der Waals surface area contributed by atoms with Crippen LogP contribution < -0.4 is 10.3 Å². The van der Waals surface area contributed by atoms with E-state index in [9.17, 15) is 9.59 Å². The summed E-state index contributed by atoms with van der Waals surface area (Å²) in [5.74, 6) is -0.369. The fourth-order valence-electron chi connectivity index (χ4n) is 1.40. The second-order valence-electron chi connectivity index (χ2n) is 3.38. The van der Waals surface area contributed by atoms with E-state index in [4.69, 9.17) is 4.74 Å². The van der Waals surface area contributed by atoms with Gasteiger partial charge in [-0.05, 0) is 12.1 Å². The summed E-state index contributed by atoms with van der Waals surface area (Å²) in [6.45, 7) is 1.68.